The molecule has 25 heavy (non-hydrogen) atoms. The van der Waals surface area contributed by atoms with Crippen LogP contribution >= 0.6 is 0 Å². The smallest absolute Gasteiger partial charge is 0.257 e. The zero-order valence-corrected chi connectivity index (χ0v) is 14.5. The molecule has 1 heterocycles. The number of rotatable bonds is 6. The average Bonchev–Trinajstić information content (AvgIpc) is 3.30. The van der Waals surface area contributed by atoms with E-state index in [0.717, 1.165) is 24.1 Å². The van der Waals surface area contributed by atoms with Crippen LogP contribution in [0.25, 0.3) is 11.3 Å². The number of nitrogens with zero attached hydrogens (tertiary/aromatic N) is 3. The number of amides is 1. The monoisotopic (exact) mass is 343 g/mol. The van der Waals surface area contributed by atoms with Gasteiger partial charge in [0.15, 0.2) is 0 Å². The van der Waals surface area contributed by atoms with E-state index in [-0.39, 0.29) is 19.1 Å². The van der Waals surface area contributed by atoms with Crippen LogP contribution in [0.3, 0.4) is 0 Å². The lowest BCUT2D eigenvalue weighted by atomic mass is 10.1. The second-order valence-corrected chi connectivity index (χ2v) is 6.68. The quantitative estimate of drug-likeness (QED) is 0.842. The molecule has 1 aliphatic carbocycles. The van der Waals surface area contributed by atoms with Gasteiger partial charge in [-0.1, -0.05) is 43.2 Å². The van der Waals surface area contributed by atoms with E-state index in [0.29, 0.717) is 11.6 Å². The molecule has 2 aromatic rings. The Balaban J connectivity index is 1.97. The first-order valence-electron chi connectivity index (χ1n) is 8.79. The third-order valence-electron chi connectivity index (χ3n) is 4.79. The van der Waals surface area contributed by atoms with Crippen LogP contribution in [0.4, 0.5) is 0 Å². The molecule has 1 fully saturated rings. The number of aliphatic hydroxyl groups excluding tert-OH is 2. The highest BCUT2D eigenvalue weighted by Gasteiger charge is 2.27. The number of hydrogen-bond donors (Lipinski definition) is 2. The van der Waals surface area contributed by atoms with E-state index >= 15 is 0 Å². The fourth-order valence-electron chi connectivity index (χ4n) is 3.49. The summed E-state index contributed by atoms with van der Waals surface area (Å²) in [5.74, 6) is -0.199. The summed E-state index contributed by atoms with van der Waals surface area (Å²) in [5, 5.41) is 23.2. The second-order valence-electron chi connectivity index (χ2n) is 6.68. The van der Waals surface area contributed by atoms with Crippen LogP contribution in [0.15, 0.2) is 36.5 Å². The fraction of sp³-hybridized carbons (Fsp3) is 0.474. The first-order chi connectivity index (χ1) is 12.1. The molecule has 1 atom stereocenters. The number of carbonyl (C=O) groups excluding carboxylic acids is 1. The van der Waals surface area contributed by atoms with Crippen molar-refractivity contribution >= 4 is 5.91 Å². The third kappa shape index (κ3) is 3.75. The van der Waals surface area contributed by atoms with Crippen LogP contribution in [0.1, 0.15) is 42.1 Å². The lowest BCUT2D eigenvalue weighted by molar-refractivity contribution is 0.0520. The lowest BCUT2D eigenvalue weighted by Gasteiger charge is -2.21. The maximum Gasteiger partial charge on any atom is 0.257 e. The number of hydrogen-bond acceptors (Lipinski definition) is 4. The number of aliphatic hydroxyl groups is 2. The average molecular weight is 343 g/mol. The predicted molar refractivity (Wildman–Crippen MR) is 95.2 cm³/mol. The summed E-state index contributed by atoms with van der Waals surface area (Å²) in [7, 11) is 1.63. The van der Waals surface area contributed by atoms with Gasteiger partial charge in [0.2, 0.25) is 0 Å². The maximum atomic E-state index is 12.9. The Labute approximate surface area is 147 Å². The Bertz CT molecular complexity index is 708. The molecule has 1 aromatic heterocycles. The Kier molecular flexibility index (Phi) is 5.50. The normalized spacial score (nSPS) is 16.1. The number of carbonyl (C=O) groups is 1. The van der Waals surface area contributed by atoms with Crippen LogP contribution in [-0.2, 0) is 0 Å². The Hall–Kier alpha value is -2.18. The molecule has 1 saturated carbocycles. The molecular formula is C19H25N3O3. The van der Waals surface area contributed by atoms with Gasteiger partial charge in [0.1, 0.15) is 0 Å². The Morgan fingerprint density at radius 2 is 2.00 bits per heavy atom. The van der Waals surface area contributed by atoms with Gasteiger partial charge in [-0.3, -0.25) is 9.48 Å². The minimum absolute atomic E-state index is 0.0815. The van der Waals surface area contributed by atoms with Crippen molar-refractivity contribution in [3.8, 4) is 11.3 Å². The van der Waals surface area contributed by atoms with E-state index in [9.17, 15) is 9.90 Å². The predicted octanol–water partition coefficient (Wildman–Crippen LogP) is 2.09. The Morgan fingerprint density at radius 3 is 2.64 bits per heavy atom. The van der Waals surface area contributed by atoms with Gasteiger partial charge in [0.25, 0.3) is 5.91 Å². The largest absolute Gasteiger partial charge is 0.394 e. The number of likely N-dealkylation sites (N-methyl/N-ethyl adjacent to an activating group) is 1. The molecular weight excluding hydrogens is 318 g/mol. The van der Waals surface area contributed by atoms with Crippen LogP contribution < -0.4 is 0 Å². The SMILES string of the molecule is CN(C[C@H](O)CO)C(=O)c1cnn(C2CCCC2)c1-c1ccccc1. The van der Waals surface area contributed by atoms with E-state index in [1.165, 1.54) is 17.7 Å². The molecule has 134 valence electrons. The van der Waals surface area contributed by atoms with Crippen molar-refractivity contribution in [3.63, 3.8) is 0 Å². The zero-order valence-electron chi connectivity index (χ0n) is 14.5. The highest BCUT2D eigenvalue weighted by molar-refractivity contribution is 5.99. The van der Waals surface area contributed by atoms with Crippen molar-refractivity contribution in [2.75, 3.05) is 20.2 Å². The van der Waals surface area contributed by atoms with Crippen LogP contribution in [0.2, 0.25) is 0 Å². The van der Waals surface area contributed by atoms with Crippen molar-refractivity contribution in [1.29, 1.82) is 0 Å². The van der Waals surface area contributed by atoms with E-state index in [4.69, 9.17) is 5.11 Å². The van der Waals surface area contributed by atoms with Crippen molar-refractivity contribution < 1.29 is 15.0 Å². The van der Waals surface area contributed by atoms with E-state index in [2.05, 4.69) is 5.10 Å². The van der Waals surface area contributed by atoms with Gasteiger partial charge >= 0.3 is 0 Å². The van der Waals surface area contributed by atoms with Crippen molar-refractivity contribution in [2.24, 2.45) is 0 Å². The molecule has 6 heteroatoms. The highest BCUT2D eigenvalue weighted by Crippen LogP contribution is 2.35. The molecule has 1 aromatic carbocycles. The summed E-state index contributed by atoms with van der Waals surface area (Å²) < 4.78 is 1.99. The molecule has 1 amide bonds. The van der Waals surface area contributed by atoms with Gasteiger partial charge in [-0.2, -0.15) is 5.10 Å². The first-order valence-corrected chi connectivity index (χ1v) is 8.79. The van der Waals surface area contributed by atoms with Crippen molar-refractivity contribution in [1.82, 2.24) is 14.7 Å². The molecule has 0 aliphatic heterocycles. The van der Waals surface area contributed by atoms with Crippen LogP contribution in [0, 0.1) is 0 Å². The molecule has 0 unspecified atom stereocenters. The van der Waals surface area contributed by atoms with Crippen molar-refractivity contribution in [2.45, 2.75) is 37.8 Å². The van der Waals surface area contributed by atoms with Gasteiger partial charge in [0.05, 0.1) is 36.2 Å². The van der Waals surface area contributed by atoms with Gasteiger partial charge in [0, 0.05) is 19.2 Å². The first kappa shape index (κ1) is 17.6. The van der Waals surface area contributed by atoms with Crippen LogP contribution in [0.5, 0.6) is 0 Å². The van der Waals surface area contributed by atoms with E-state index in [1.54, 1.807) is 13.2 Å². The van der Waals surface area contributed by atoms with Gasteiger partial charge in [-0.05, 0) is 12.8 Å². The minimum Gasteiger partial charge on any atom is -0.394 e. The molecule has 6 nitrogen and oxygen atoms in total. The number of aromatic nitrogens is 2. The molecule has 0 radical (unpaired) electrons. The molecule has 2 N–H and O–H groups in total. The van der Waals surface area contributed by atoms with Gasteiger partial charge in [-0.25, -0.2) is 0 Å². The van der Waals surface area contributed by atoms with E-state index in [1.807, 2.05) is 35.0 Å². The topological polar surface area (TPSA) is 78.6 Å². The summed E-state index contributed by atoms with van der Waals surface area (Å²) in [6.07, 6.45) is 5.21. The number of benzene rings is 1. The summed E-state index contributed by atoms with van der Waals surface area (Å²) >= 11 is 0. The standard InChI is InChI=1S/C19H25N3O3/c1-21(12-16(24)13-23)19(25)17-11-20-22(15-9-5-6-10-15)18(17)14-7-3-2-4-8-14/h2-4,7-8,11,15-16,23-24H,5-6,9-10,12-13H2,1H3/t16-/m0/s1. The highest BCUT2D eigenvalue weighted by atomic mass is 16.3. The Morgan fingerprint density at radius 1 is 1.32 bits per heavy atom. The van der Waals surface area contributed by atoms with Crippen LogP contribution in [-0.4, -0.2) is 57.1 Å². The van der Waals surface area contributed by atoms with Gasteiger partial charge in [-0.15, -0.1) is 0 Å². The van der Waals surface area contributed by atoms with E-state index < -0.39 is 6.10 Å². The molecule has 1 aliphatic rings. The third-order valence-corrected chi connectivity index (χ3v) is 4.79. The summed E-state index contributed by atoms with van der Waals surface area (Å²) in [4.78, 5) is 14.3. The summed E-state index contributed by atoms with van der Waals surface area (Å²) in [6.45, 7) is -0.289. The molecule has 0 saturated heterocycles. The summed E-state index contributed by atoms with van der Waals surface area (Å²) in [5.41, 5.74) is 2.33. The zero-order chi connectivity index (χ0) is 17.8. The second kappa shape index (κ2) is 7.80. The molecule has 0 bridgehead atoms. The molecule has 0 spiro atoms. The fourth-order valence-corrected chi connectivity index (χ4v) is 3.49. The minimum atomic E-state index is -0.945. The summed E-state index contributed by atoms with van der Waals surface area (Å²) in [6, 6.07) is 10.2. The lowest BCUT2D eigenvalue weighted by Crippen LogP contribution is -2.36. The van der Waals surface area contributed by atoms with Crippen molar-refractivity contribution in [3.05, 3.63) is 42.1 Å². The maximum absolute atomic E-state index is 12.9. The van der Waals surface area contributed by atoms with Gasteiger partial charge < -0.3 is 15.1 Å². The molecule has 3 rings (SSSR count).